The van der Waals surface area contributed by atoms with Crippen LogP contribution >= 0.6 is 0 Å². The van der Waals surface area contributed by atoms with Gasteiger partial charge in [0.05, 0.1) is 5.69 Å². The quantitative estimate of drug-likeness (QED) is 0.845. The number of amides is 1. The summed E-state index contributed by atoms with van der Waals surface area (Å²) in [6, 6.07) is 2.49. The third-order valence-electron chi connectivity index (χ3n) is 4.22. The maximum absolute atomic E-state index is 11.8. The second-order valence-electron chi connectivity index (χ2n) is 7.20. The third kappa shape index (κ3) is 5.53. The van der Waals surface area contributed by atoms with E-state index in [0.717, 1.165) is 25.9 Å². The molecule has 2 unspecified atom stereocenters. The standard InChI is InChI=1S/C17H30N4O2/c1-5-21-14(9-10-20-21)12-18-15-8-6-7-13(15)11-19-16(22)23-17(2,3)4/h9-10,13,15,18H,5-8,11-12H2,1-4H3,(H,19,22). The van der Waals surface area contributed by atoms with E-state index in [0.29, 0.717) is 18.5 Å². The first kappa shape index (κ1) is 17.8. The molecule has 1 aliphatic rings. The molecule has 2 N–H and O–H groups in total. The van der Waals surface area contributed by atoms with Crippen molar-refractivity contribution in [3.63, 3.8) is 0 Å². The Hall–Kier alpha value is -1.56. The molecule has 0 radical (unpaired) electrons. The Morgan fingerprint density at radius 2 is 2.22 bits per heavy atom. The molecule has 6 heteroatoms. The number of rotatable bonds is 6. The summed E-state index contributed by atoms with van der Waals surface area (Å²) < 4.78 is 7.31. The fraction of sp³-hybridized carbons (Fsp3) is 0.765. The van der Waals surface area contributed by atoms with Crippen LogP contribution in [0.4, 0.5) is 4.79 Å². The van der Waals surface area contributed by atoms with Crippen molar-refractivity contribution in [2.75, 3.05) is 6.54 Å². The zero-order valence-electron chi connectivity index (χ0n) is 14.8. The highest BCUT2D eigenvalue weighted by molar-refractivity contribution is 5.67. The lowest BCUT2D eigenvalue weighted by molar-refractivity contribution is 0.0517. The molecule has 130 valence electrons. The Morgan fingerprint density at radius 3 is 2.91 bits per heavy atom. The van der Waals surface area contributed by atoms with Crippen molar-refractivity contribution < 1.29 is 9.53 Å². The molecule has 1 heterocycles. The zero-order chi connectivity index (χ0) is 16.9. The Morgan fingerprint density at radius 1 is 1.43 bits per heavy atom. The fourth-order valence-corrected chi connectivity index (χ4v) is 3.11. The second-order valence-corrected chi connectivity index (χ2v) is 7.20. The number of ether oxygens (including phenoxy) is 1. The molecule has 0 saturated heterocycles. The van der Waals surface area contributed by atoms with Gasteiger partial charge in [-0.15, -0.1) is 0 Å². The number of carbonyl (C=O) groups is 1. The SMILES string of the molecule is CCn1nccc1CNC1CCCC1CNC(=O)OC(C)(C)C. The predicted octanol–water partition coefficient (Wildman–Crippen LogP) is 2.69. The summed E-state index contributed by atoms with van der Waals surface area (Å²) in [6.45, 7) is 10.1. The predicted molar refractivity (Wildman–Crippen MR) is 90.1 cm³/mol. The largest absolute Gasteiger partial charge is 0.444 e. The van der Waals surface area contributed by atoms with E-state index in [1.54, 1.807) is 0 Å². The highest BCUT2D eigenvalue weighted by atomic mass is 16.6. The van der Waals surface area contributed by atoms with Gasteiger partial charge in [-0.25, -0.2) is 4.79 Å². The summed E-state index contributed by atoms with van der Waals surface area (Å²) in [6.07, 6.45) is 5.01. The van der Waals surface area contributed by atoms with Crippen molar-refractivity contribution >= 4 is 6.09 Å². The van der Waals surface area contributed by atoms with Crippen molar-refractivity contribution in [1.29, 1.82) is 0 Å². The number of aryl methyl sites for hydroxylation is 1. The molecule has 2 rings (SSSR count). The van der Waals surface area contributed by atoms with Gasteiger partial charge in [-0.1, -0.05) is 6.42 Å². The highest BCUT2D eigenvalue weighted by Crippen LogP contribution is 2.25. The van der Waals surface area contributed by atoms with E-state index in [4.69, 9.17) is 4.74 Å². The summed E-state index contributed by atoms with van der Waals surface area (Å²) in [5, 5.41) is 10.8. The third-order valence-corrected chi connectivity index (χ3v) is 4.22. The van der Waals surface area contributed by atoms with E-state index >= 15 is 0 Å². The molecular weight excluding hydrogens is 292 g/mol. The number of aromatic nitrogens is 2. The Kier molecular flexibility index (Phi) is 6.04. The van der Waals surface area contributed by atoms with Gasteiger partial charge in [0.1, 0.15) is 5.60 Å². The lowest BCUT2D eigenvalue weighted by Crippen LogP contribution is -2.41. The first-order valence-corrected chi connectivity index (χ1v) is 8.60. The van der Waals surface area contributed by atoms with Crippen LogP contribution in [0.3, 0.4) is 0 Å². The summed E-state index contributed by atoms with van der Waals surface area (Å²) in [4.78, 5) is 11.8. The lowest BCUT2D eigenvalue weighted by Gasteiger charge is -2.24. The van der Waals surface area contributed by atoms with Gasteiger partial charge in [-0.3, -0.25) is 4.68 Å². The Balaban J connectivity index is 1.78. The molecule has 2 atom stereocenters. The highest BCUT2D eigenvalue weighted by Gasteiger charge is 2.28. The first-order chi connectivity index (χ1) is 10.9. The van der Waals surface area contributed by atoms with Crippen LogP contribution in [0.5, 0.6) is 0 Å². The van der Waals surface area contributed by atoms with Crippen LogP contribution in [0.1, 0.15) is 52.7 Å². The summed E-state index contributed by atoms with van der Waals surface area (Å²) in [5.74, 6) is 0.459. The minimum Gasteiger partial charge on any atom is -0.444 e. The Labute approximate surface area is 139 Å². The molecule has 0 aliphatic heterocycles. The fourth-order valence-electron chi connectivity index (χ4n) is 3.11. The number of hydrogen-bond donors (Lipinski definition) is 2. The van der Waals surface area contributed by atoms with Gasteiger partial charge in [0.25, 0.3) is 0 Å². The van der Waals surface area contributed by atoms with E-state index in [9.17, 15) is 4.79 Å². The number of alkyl carbamates (subject to hydrolysis) is 1. The average Bonchev–Trinajstić information content (AvgIpc) is 3.09. The molecule has 1 amide bonds. The lowest BCUT2D eigenvalue weighted by atomic mass is 10.0. The molecule has 0 aromatic carbocycles. The molecule has 23 heavy (non-hydrogen) atoms. The first-order valence-electron chi connectivity index (χ1n) is 8.60. The van der Waals surface area contributed by atoms with Crippen molar-refractivity contribution in [1.82, 2.24) is 20.4 Å². The van der Waals surface area contributed by atoms with Crippen LogP contribution in [0.2, 0.25) is 0 Å². The monoisotopic (exact) mass is 322 g/mol. The number of carbonyl (C=O) groups excluding carboxylic acids is 1. The molecular formula is C17H30N4O2. The van der Waals surface area contributed by atoms with Gasteiger partial charge in [-0.05, 0) is 52.5 Å². The minimum absolute atomic E-state index is 0.327. The van der Waals surface area contributed by atoms with Crippen LogP contribution in [0.15, 0.2) is 12.3 Å². The van der Waals surface area contributed by atoms with Crippen LogP contribution in [0.25, 0.3) is 0 Å². The van der Waals surface area contributed by atoms with Crippen LogP contribution in [-0.4, -0.2) is 34.1 Å². The number of nitrogens with zero attached hydrogens (tertiary/aromatic N) is 2. The van der Waals surface area contributed by atoms with Crippen molar-refractivity contribution in [3.05, 3.63) is 18.0 Å². The van der Waals surface area contributed by atoms with E-state index in [1.807, 2.05) is 31.6 Å². The summed E-state index contributed by atoms with van der Waals surface area (Å²) in [7, 11) is 0. The average molecular weight is 322 g/mol. The molecule has 1 aliphatic carbocycles. The molecule has 1 saturated carbocycles. The summed E-state index contributed by atoms with van der Waals surface area (Å²) in [5.41, 5.74) is 0.758. The van der Waals surface area contributed by atoms with E-state index in [2.05, 4.69) is 28.7 Å². The van der Waals surface area contributed by atoms with Gasteiger partial charge in [0.2, 0.25) is 0 Å². The van der Waals surface area contributed by atoms with Gasteiger partial charge in [0, 0.05) is 31.9 Å². The van der Waals surface area contributed by atoms with E-state index in [1.165, 1.54) is 12.1 Å². The maximum Gasteiger partial charge on any atom is 0.407 e. The van der Waals surface area contributed by atoms with Gasteiger partial charge >= 0.3 is 6.09 Å². The van der Waals surface area contributed by atoms with Gasteiger partial charge in [-0.2, -0.15) is 5.10 Å². The topological polar surface area (TPSA) is 68.2 Å². The van der Waals surface area contributed by atoms with Gasteiger partial charge in [0.15, 0.2) is 0 Å². The smallest absolute Gasteiger partial charge is 0.407 e. The second kappa shape index (κ2) is 7.81. The van der Waals surface area contributed by atoms with Crippen LogP contribution in [0, 0.1) is 5.92 Å². The zero-order valence-corrected chi connectivity index (χ0v) is 14.8. The molecule has 1 aromatic rings. The molecule has 0 spiro atoms. The van der Waals surface area contributed by atoms with E-state index in [-0.39, 0.29) is 6.09 Å². The normalized spacial score (nSPS) is 21.4. The number of nitrogens with one attached hydrogen (secondary N) is 2. The summed E-state index contributed by atoms with van der Waals surface area (Å²) >= 11 is 0. The van der Waals surface area contributed by atoms with Crippen LogP contribution < -0.4 is 10.6 Å². The molecule has 1 aromatic heterocycles. The van der Waals surface area contributed by atoms with Gasteiger partial charge < -0.3 is 15.4 Å². The maximum atomic E-state index is 11.8. The Bertz CT molecular complexity index is 507. The van der Waals surface area contributed by atoms with Crippen LogP contribution in [-0.2, 0) is 17.8 Å². The molecule has 1 fully saturated rings. The molecule has 0 bridgehead atoms. The molecule has 6 nitrogen and oxygen atoms in total. The van der Waals surface area contributed by atoms with E-state index < -0.39 is 5.60 Å². The minimum atomic E-state index is -0.448. The van der Waals surface area contributed by atoms with Crippen molar-refractivity contribution in [3.8, 4) is 0 Å². The number of hydrogen-bond acceptors (Lipinski definition) is 4. The van der Waals surface area contributed by atoms with Crippen molar-refractivity contribution in [2.24, 2.45) is 5.92 Å². The van der Waals surface area contributed by atoms with Crippen molar-refractivity contribution in [2.45, 2.75) is 71.7 Å².